The van der Waals surface area contributed by atoms with Crippen molar-refractivity contribution >= 4 is 0 Å². The molecular formula is C11H13F4NO. The van der Waals surface area contributed by atoms with Gasteiger partial charge in [0.25, 0.3) is 0 Å². The molecule has 0 amide bonds. The van der Waals surface area contributed by atoms with Gasteiger partial charge in [-0.2, -0.15) is 13.2 Å². The summed E-state index contributed by atoms with van der Waals surface area (Å²) in [7, 11) is 0. The lowest BCUT2D eigenvalue weighted by molar-refractivity contribution is -0.153. The van der Waals surface area contributed by atoms with Crippen molar-refractivity contribution in [2.75, 3.05) is 6.61 Å². The molecule has 0 aliphatic carbocycles. The van der Waals surface area contributed by atoms with Crippen molar-refractivity contribution < 1.29 is 22.3 Å². The molecule has 1 atom stereocenters. The van der Waals surface area contributed by atoms with E-state index in [4.69, 9.17) is 5.73 Å². The van der Waals surface area contributed by atoms with E-state index >= 15 is 0 Å². The summed E-state index contributed by atoms with van der Waals surface area (Å²) in [6.07, 6.45) is -4.43. The van der Waals surface area contributed by atoms with Gasteiger partial charge >= 0.3 is 6.18 Å². The van der Waals surface area contributed by atoms with Crippen LogP contribution in [-0.4, -0.2) is 12.8 Å². The summed E-state index contributed by atoms with van der Waals surface area (Å²) in [5, 5.41) is 0. The smallest absolute Gasteiger partial charge is 0.422 e. The first-order chi connectivity index (χ1) is 7.70. The lowest BCUT2D eigenvalue weighted by atomic mass is 10.1. The molecular weight excluding hydrogens is 238 g/mol. The third kappa shape index (κ3) is 3.89. The molecule has 0 unspecified atom stereocenters. The fourth-order valence-electron chi connectivity index (χ4n) is 1.31. The highest BCUT2D eigenvalue weighted by atomic mass is 19.4. The Labute approximate surface area is 96.4 Å². The molecule has 0 spiro atoms. The highest BCUT2D eigenvalue weighted by Gasteiger charge is 2.29. The topological polar surface area (TPSA) is 35.2 Å². The second-order valence-electron chi connectivity index (χ2n) is 3.83. The van der Waals surface area contributed by atoms with Crippen LogP contribution in [0.5, 0.6) is 5.75 Å². The van der Waals surface area contributed by atoms with Gasteiger partial charge in [-0.15, -0.1) is 0 Å². The Balaban J connectivity index is 3.00. The fraction of sp³-hybridized carbons (Fsp3) is 0.455. The summed E-state index contributed by atoms with van der Waals surface area (Å²) < 4.78 is 54.0. The van der Waals surface area contributed by atoms with Crippen molar-refractivity contribution in [2.24, 2.45) is 5.73 Å². The zero-order valence-corrected chi connectivity index (χ0v) is 9.44. The van der Waals surface area contributed by atoms with Crippen molar-refractivity contribution in [3.63, 3.8) is 0 Å². The van der Waals surface area contributed by atoms with E-state index in [2.05, 4.69) is 4.74 Å². The van der Waals surface area contributed by atoms with E-state index < -0.39 is 24.6 Å². The molecule has 0 fully saturated rings. The lowest BCUT2D eigenvalue weighted by Crippen LogP contribution is -2.20. The van der Waals surface area contributed by atoms with Crippen LogP contribution in [0.25, 0.3) is 0 Å². The second kappa shape index (κ2) is 4.91. The number of benzene rings is 1. The van der Waals surface area contributed by atoms with Gasteiger partial charge in [-0.25, -0.2) is 4.39 Å². The lowest BCUT2D eigenvalue weighted by Gasteiger charge is -2.16. The monoisotopic (exact) mass is 251 g/mol. The average Bonchev–Trinajstić information content (AvgIpc) is 2.17. The zero-order chi connectivity index (χ0) is 13.2. The Hall–Kier alpha value is -1.30. The molecule has 2 N–H and O–H groups in total. The van der Waals surface area contributed by atoms with Crippen molar-refractivity contribution in [2.45, 2.75) is 26.1 Å². The predicted octanol–water partition coefficient (Wildman–Crippen LogP) is 3.09. The summed E-state index contributed by atoms with van der Waals surface area (Å²) in [5.74, 6) is -0.548. The first-order valence-electron chi connectivity index (χ1n) is 4.96. The van der Waals surface area contributed by atoms with Gasteiger partial charge in [0, 0.05) is 11.6 Å². The van der Waals surface area contributed by atoms with Gasteiger partial charge in [-0.05, 0) is 31.5 Å². The van der Waals surface area contributed by atoms with Crippen LogP contribution >= 0.6 is 0 Å². The molecule has 0 bridgehead atoms. The van der Waals surface area contributed by atoms with Crippen LogP contribution in [0.1, 0.15) is 24.1 Å². The van der Waals surface area contributed by atoms with Gasteiger partial charge in [0.2, 0.25) is 0 Å². The van der Waals surface area contributed by atoms with E-state index in [9.17, 15) is 17.6 Å². The second-order valence-corrected chi connectivity index (χ2v) is 3.83. The third-order valence-corrected chi connectivity index (χ3v) is 2.17. The summed E-state index contributed by atoms with van der Waals surface area (Å²) in [6, 6.07) is 1.72. The first kappa shape index (κ1) is 13.8. The number of hydrogen-bond donors (Lipinski definition) is 1. The number of aryl methyl sites for hydroxylation is 1. The van der Waals surface area contributed by atoms with Crippen LogP contribution in [0.15, 0.2) is 12.1 Å². The molecule has 6 heteroatoms. The number of hydrogen-bond acceptors (Lipinski definition) is 2. The summed E-state index contributed by atoms with van der Waals surface area (Å²) >= 11 is 0. The molecule has 0 aromatic heterocycles. The SMILES string of the molecule is Cc1cc(OCC(F)(F)F)c([C@H](C)N)cc1F. The number of alkyl halides is 3. The van der Waals surface area contributed by atoms with Crippen LogP contribution in [0.3, 0.4) is 0 Å². The van der Waals surface area contributed by atoms with Crippen LogP contribution in [0.4, 0.5) is 17.6 Å². The molecule has 0 heterocycles. The highest BCUT2D eigenvalue weighted by Crippen LogP contribution is 2.28. The van der Waals surface area contributed by atoms with Gasteiger partial charge in [-0.1, -0.05) is 0 Å². The van der Waals surface area contributed by atoms with Crippen LogP contribution in [-0.2, 0) is 0 Å². The molecule has 1 aromatic carbocycles. The fourth-order valence-corrected chi connectivity index (χ4v) is 1.31. The predicted molar refractivity (Wildman–Crippen MR) is 55.3 cm³/mol. The standard InChI is InChI=1S/C11H13F4NO/c1-6-3-10(17-5-11(13,14)15)8(7(2)16)4-9(6)12/h3-4,7H,5,16H2,1-2H3/t7-/m0/s1. The van der Waals surface area contributed by atoms with E-state index in [1.165, 1.54) is 13.0 Å². The van der Waals surface area contributed by atoms with Crippen LogP contribution in [0.2, 0.25) is 0 Å². The number of nitrogens with two attached hydrogens (primary N) is 1. The molecule has 96 valence electrons. The van der Waals surface area contributed by atoms with E-state index in [-0.39, 0.29) is 16.9 Å². The minimum absolute atomic E-state index is 0.0313. The molecule has 2 nitrogen and oxygen atoms in total. The van der Waals surface area contributed by atoms with Gasteiger partial charge < -0.3 is 10.5 Å². The molecule has 0 saturated carbocycles. The van der Waals surface area contributed by atoms with Gasteiger partial charge in [0.05, 0.1) is 0 Å². The summed E-state index contributed by atoms with van der Waals surface area (Å²) in [5.41, 5.74) is 5.98. The highest BCUT2D eigenvalue weighted by molar-refractivity contribution is 5.39. The number of ether oxygens (including phenoxy) is 1. The third-order valence-electron chi connectivity index (χ3n) is 2.17. The molecule has 0 radical (unpaired) electrons. The molecule has 0 aliphatic rings. The molecule has 1 rings (SSSR count). The van der Waals surface area contributed by atoms with Crippen molar-refractivity contribution in [1.82, 2.24) is 0 Å². The van der Waals surface area contributed by atoms with Crippen molar-refractivity contribution in [1.29, 1.82) is 0 Å². The van der Waals surface area contributed by atoms with Gasteiger partial charge in [0.1, 0.15) is 11.6 Å². The maximum atomic E-state index is 13.3. The van der Waals surface area contributed by atoms with E-state index in [1.807, 2.05) is 0 Å². The Kier molecular flexibility index (Phi) is 3.98. The van der Waals surface area contributed by atoms with E-state index in [1.54, 1.807) is 6.92 Å². The molecule has 0 saturated heterocycles. The average molecular weight is 251 g/mol. The summed E-state index contributed by atoms with van der Waals surface area (Å²) in [4.78, 5) is 0. The van der Waals surface area contributed by atoms with E-state index in [0.717, 1.165) is 6.07 Å². The van der Waals surface area contributed by atoms with Gasteiger partial charge in [-0.3, -0.25) is 0 Å². The zero-order valence-electron chi connectivity index (χ0n) is 9.44. The largest absolute Gasteiger partial charge is 0.484 e. The van der Waals surface area contributed by atoms with E-state index in [0.29, 0.717) is 0 Å². The molecule has 1 aromatic rings. The van der Waals surface area contributed by atoms with Gasteiger partial charge in [0.15, 0.2) is 6.61 Å². The minimum atomic E-state index is -4.43. The summed E-state index contributed by atoms with van der Waals surface area (Å²) in [6.45, 7) is 1.57. The Morgan fingerprint density at radius 2 is 1.94 bits per heavy atom. The van der Waals surface area contributed by atoms with Crippen molar-refractivity contribution in [3.8, 4) is 5.75 Å². The van der Waals surface area contributed by atoms with Crippen molar-refractivity contribution in [3.05, 3.63) is 29.1 Å². The van der Waals surface area contributed by atoms with Crippen LogP contribution in [0, 0.1) is 12.7 Å². The molecule has 17 heavy (non-hydrogen) atoms. The van der Waals surface area contributed by atoms with Crippen LogP contribution < -0.4 is 10.5 Å². The first-order valence-corrected chi connectivity index (χ1v) is 4.96. The minimum Gasteiger partial charge on any atom is -0.484 e. The maximum Gasteiger partial charge on any atom is 0.422 e. The number of rotatable bonds is 3. The normalized spacial score (nSPS) is 13.6. The molecule has 0 aliphatic heterocycles. The Morgan fingerprint density at radius 1 is 1.35 bits per heavy atom. The quantitative estimate of drug-likeness (QED) is 0.838. The number of halogens is 4. The maximum absolute atomic E-state index is 13.3. The Morgan fingerprint density at radius 3 is 2.41 bits per heavy atom. The Bertz CT molecular complexity index is 401.